The van der Waals surface area contributed by atoms with Crippen molar-refractivity contribution in [3.63, 3.8) is 0 Å². The zero-order valence-corrected chi connectivity index (χ0v) is 22.8. The van der Waals surface area contributed by atoms with Crippen molar-refractivity contribution in [2.24, 2.45) is 0 Å². The Labute approximate surface area is 240 Å². The van der Waals surface area contributed by atoms with Crippen molar-refractivity contribution in [2.75, 3.05) is 0 Å². The number of hydrogen-bond donors (Lipinski definition) is 1. The van der Waals surface area contributed by atoms with Crippen LogP contribution in [0.25, 0.3) is 22.8 Å². The summed E-state index contributed by atoms with van der Waals surface area (Å²) in [4.78, 5) is 27.5. The van der Waals surface area contributed by atoms with E-state index in [2.05, 4.69) is 38.7 Å². The second kappa shape index (κ2) is 12.1. The zero-order chi connectivity index (χ0) is 29.7. The lowest BCUT2D eigenvalue weighted by Gasteiger charge is -2.17. The predicted molar refractivity (Wildman–Crippen MR) is 154 cm³/mol. The van der Waals surface area contributed by atoms with Crippen molar-refractivity contribution in [3.8, 4) is 40.4 Å². The van der Waals surface area contributed by atoms with E-state index in [4.69, 9.17) is 4.74 Å². The van der Waals surface area contributed by atoms with E-state index in [0.717, 1.165) is 23.7 Å². The standard InChI is InChI=1S/C33H25F3N4O2/c1-3-22-10-12-23(13-11-22)14-15-24-16-18-25(19-17-24)30-38-31(40-32(41)39-30)29-27(33(34,35)36)8-5-9-28(29)42-20-26-7-4-6-21(2)37-26/h4-13,16-19H,3,20H2,1-2H3,(H,38,39,40,41). The van der Waals surface area contributed by atoms with Crippen molar-refractivity contribution in [1.82, 2.24) is 19.9 Å². The number of aromatic nitrogens is 4. The topological polar surface area (TPSA) is 80.8 Å². The number of H-pyrrole nitrogens is 1. The third kappa shape index (κ3) is 6.73. The van der Waals surface area contributed by atoms with E-state index >= 15 is 0 Å². The van der Waals surface area contributed by atoms with Crippen LogP contribution in [-0.2, 0) is 19.2 Å². The van der Waals surface area contributed by atoms with Crippen LogP contribution in [0.5, 0.6) is 5.75 Å². The van der Waals surface area contributed by atoms with E-state index in [1.165, 1.54) is 17.7 Å². The van der Waals surface area contributed by atoms with Crippen LogP contribution < -0.4 is 10.4 Å². The number of aromatic amines is 1. The molecule has 2 heterocycles. The van der Waals surface area contributed by atoms with Gasteiger partial charge in [0, 0.05) is 22.4 Å². The molecule has 6 nitrogen and oxygen atoms in total. The fraction of sp³-hybridized carbons (Fsp3) is 0.152. The van der Waals surface area contributed by atoms with Crippen molar-refractivity contribution in [1.29, 1.82) is 0 Å². The first kappa shape index (κ1) is 28.3. The molecule has 0 aliphatic rings. The van der Waals surface area contributed by atoms with E-state index in [0.29, 0.717) is 16.8 Å². The molecule has 0 saturated carbocycles. The Morgan fingerprint density at radius 3 is 2.14 bits per heavy atom. The minimum absolute atomic E-state index is 0.0355. The van der Waals surface area contributed by atoms with Crippen LogP contribution >= 0.6 is 0 Å². The molecule has 5 aromatic rings. The van der Waals surface area contributed by atoms with Gasteiger partial charge in [0.2, 0.25) is 0 Å². The summed E-state index contributed by atoms with van der Waals surface area (Å²) in [6.07, 6.45) is -3.79. The predicted octanol–water partition coefficient (Wildman–Crippen LogP) is 6.76. The van der Waals surface area contributed by atoms with Crippen LogP contribution in [0.15, 0.2) is 89.7 Å². The Hall–Kier alpha value is -5.23. The molecule has 0 radical (unpaired) electrons. The number of hydrogen-bond acceptors (Lipinski definition) is 5. The Bertz CT molecular complexity index is 1840. The van der Waals surface area contributed by atoms with Crippen LogP contribution in [0.1, 0.15) is 40.6 Å². The van der Waals surface area contributed by atoms with Gasteiger partial charge in [-0.3, -0.25) is 9.97 Å². The molecule has 0 aliphatic heterocycles. The summed E-state index contributed by atoms with van der Waals surface area (Å²) in [6.45, 7) is 3.81. The fourth-order valence-corrected chi connectivity index (χ4v) is 4.27. The van der Waals surface area contributed by atoms with Gasteiger partial charge in [0.1, 0.15) is 18.2 Å². The number of benzene rings is 3. The maximum absolute atomic E-state index is 14.1. The first-order chi connectivity index (χ1) is 20.2. The Morgan fingerprint density at radius 2 is 1.50 bits per heavy atom. The third-order valence-electron chi connectivity index (χ3n) is 6.40. The lowest BCUT2D eigenvalue weighted by atomic mass is 10.0. The van der Waals surface area contributed by atoms with Gasteiger partial charge in [-0.15, -0.1) is 0 Å². The summed E-state index contributed by atoms with van der Waals surface area (Å²) in [6, 6.07) is 23.6. The highest BCUT2D eigenvalue weighted by atomic mass is 19.4. The van der Waals surface area contributed by atoms with Crippen LogP contribution in [0.4, 0.5) is 13.2 Å². The molecule has 9 heteroatoms. The van der Waals surface area contributed by atoms with Gasteiger partial charge in [-0.2, -0.15) is 18.2 Å². The molecule has 0 aliphatic carbocycles. The number of pyridine rings is 1. The summed E-state index contributed by atoms with van der Waals surface area (Å²) in [7, 11) is 0. The quantitative estimate of drug-likeness (QED) is 0.230. The van der Waals surface area contributed by atoms with Crippen molar-refractivity contribution in [2.45, 2.75) is 33.1 Å². The van der Waals surface area contributed by atoms with Gasteiger partial charge in [-0.05, 0) is 79.6 Å². The molecule has 3 aromatic carbocycles. The molecular weight excluding hydrogens is 541 g/mol. The molecule has 0 saturated heterocycles. The van der Waals surface area contributed by atoms with Crippen molar-refractivity contribution in [3.05, 3.63) is 129 Å². The fourth-order valence-electron chi connectivity index (χ4n) is 4.27. The molecular formula is C33H25F3N4O2. The van der Waals surface area contributed by atoms with E-state index in [-0.39, 0.29) is 24.0 Å². The van der Waals surface area contributed by atoms with Crippen LogP contribution in [0.3, 0.4) is 0 Å². The second-order valence-corrected chi connectivity index (χ2v) is 9.44. The molecule has 5 rings (SSSR count). The highest BCUT2D eigenvalue weighted by Crippen LogP contribution is 2.41. The highest BCUT2D eigenvalue weighted by molar-refractivity contribution is 5.71. The molecule has 0 atom stereocenters. The van der Waals surface area contributed by atoms with Crippen LogP contribution in [-0.4, -0.2) is 19.9 Å². The van der Waals surface area contributed by atoms with Crippen molar-refractivity contribution < 1.29 is 17.9 Å². The molecule has 210 valence electrons. The average Bonchev–Trinajstić information content (AvgIpc) is 2.98. The Morgan fingerprint density at radius 1 is 0.833 bits per heavy atom. The number of ether oxygens (including phenoxy) is 1. The van der Waals surface area contributed by atoms with Crippen molar-refractivity contribution >= 4 is 0 Å². The number of alkyl halides is 3. The van der Waals surface area contributed by atoms with E-state index in [1.807, 2.05) is 24.3 Å². The minimum Gasteiger partial charge on any atom is -0.487 e. The normalized spacial score (nSPS) is 11.1. The summed E-state index contributed by atoms with van der Waals surface area (Å²) in [5.74, 6) is 5.73. The Balaban J connectivity index is 1.48. The summed E-state index contributed by atoms with van der Waals surface area (Å²) in [5.41, 5.74) is 2.29. The highest BCUT2D eigenvalue weighted by Gasteiger charge is 2.36. The monoisotopic (exact) mass is 566 g/mol. The van der Waals surface area contributed by atoms with Gasteiger partial charge in [-0.25, -0.2) is 9.78 Å². The van der Waals surface area contributed by atoms with E-state index in [9.17, 15) is 18.0 Å². The number of nitrogens with one attached hydrogen (secondary N) is 1. The SMILES string of the molecule is CCc1ccc(C#Cc2ccc(-c3nc(-c4c(OCc5cccc(C)n5)cccc4C(F)(F)F)[nH]c(=O)n3)cc2)cc1. The van der Waals surface area contributed by atoms with Gasteiger partial charge in [-0.1, -0.05) is 43.0 Å². The number of halogens is 3. The molecule has 0 bridgehead atoms. The molecule has 0 unspecified atom stereocenters. The van der Waals surface area contributed by atoms with Gasteiger partial charge in [0.25, 0.3) is 0 Å². The van der Waals surface area contributed by atoms with Gasteiger partial charge in [0.15, 0.2) is 5.82 Å². The second-order valence-electron chi connectivity index (χ2n) is 9.44. The molecule has 0 amide bonds. The smallest absolute Gasteiger partial charge is 0.417 e. The maximum Gasteiger partial charge on any atom is 0.417 e. The van der Waals surface area contributed by atoms with Crippen LogP contribution in [0, 0.1) is 18.8 Å². The third-order valence-corrected chi connectivity index (χ3v) is 6.40. The van der Waals surface area contributed by atoms with Crippen LogP contribution in [0.2, 0.25) is 0 Å². The molecule has 0 fully saturated rings. The molecule has 42 heavy (non-hydrogen) atoms. The first-order valence-electron chi connectivity index (χ1n) is 13.2. The summed E-state index contributed by atoms with van der Waals surface area (Å²) >= 11 is 0. The lowest BCUT2D eigenvalue weighted by molar-refractivity contribution is -0.137. The number of rotatable bonds is 6. The number of nitrogens with zero attached hydrogens (tertiary/aromatic N) is 3. The van der Waals surface area contributed by atoms with Gasteiger partial charge in [0.05, 0.1) is 16.8 Å². The number of aryl methyl sites for hydroxylation is 2. The summed E-state index contributed by atoms with van der Waals surface area (Å²) in [5, 5.41) is 0. The Kier molecular flexibility index (Phi) is 8.16. The zero-order valence-electron chi connectivity index (χ0n) is 22.8. The van der Waals surface area contributed by atoms with Gasteiger partial charge >= 0.3 is 11.9 Å². The molecule has 2 aromatic heterocycles. The van der Waals surface area contributed by atoms with Gasteiger partial charge < -0.3 is 4.74 Å². The molecule has 1 N–H and O–H groups in total. The first-order valence-corrected chi connectivity index (χ1v) is 13.2. The van der Waals surface area contributed by atoms with E-state index in [1.54, 1.807) is 49.4 Å². The van der Waals surface area contributed by atoms with E-state index < -0.39 is 23.0 Å². The summed E-state index contributed by atoms with van der Waals surface area (Å²) < 4.78 is 48.1. The minimum atomic E-state index is -4.74. The molecule has 0 spiro atoms. The largest absolute Gasteiger partial charge is 0.487 e. The lowest BCUT2D eigenvalue weighted by Crippen LogP contribution is -2.17. The average molecular weight is 567 g/mol. The maximum atomic E-state index is 14.1.